The molecule has 1 aromatic carbocycles. The molecule has 0 unspecified atom stereocenters. The maximum absolute atomic E-state index is 14.7. The second-order valence-electron chi connectivity index (χ2n) is 6.69. The Balaban J connectivity index is 0.00000225. The fourth-order valence-electron chi connectivity index (χ4n) is 3.43. The van der Waals surface area contributed by atoms with Crippen molar-refractivity contribution in [2.24, 2.45) is 0 Å². The lowest BCUT2D eigenvalue weighted by Crippen LogP contribution is -2.14. The first kappa shape index (κ1) is 20.5. The van der Waals surface area contributed by atoms with Gasteiger partial charge in [-0.05, 0) is 61.2 Å². The molecular weight excluding hydrogens is 401 g/mol. The van der Waals surface area contributed by atoms with E-state index in [4.69, 9.17) is 0 Å². The van der Waals surface area contributed by atoms with Gasteiger partial charge in [0.05, 0.1) is 5.69 Å². The fourth-order valence-corrected chi connectivity index (χ4v) is 4.80. The predicted molar refractivity (Wildman–Crippen MR) is 109 cm³/mol. The van der Waals surface area contributed by atoms with Crippen LogP contribution in [-0.4, -0.2) is 24.4 Å². The molecule has 0 saturated heterocycles. The molecule has 28 heavy (non-hydrogen) atoms. The summed E-state index contributed by atoms with van der Waals surface area (Å²) < 4.78 is 42.6. The van der Waals surface area contributed by atoms with Gasteiger partial charge >= 0.3 is 0 Å². The Morgan fingerprint density at radius 3 is 2.57 bits per heavy atom. The van der Waals surface area contributed by atoms with Crippen molar-refractivity contribution in [3.8, 4) is 11.3 Å². The van der Waals surface area contributed by atoms with E-state index in [9.17, 15) is 12.8 Å². The van der Waals surface area contributed by atoms with Crippen LogP contribution in [0.3, 0.4) is 0 Å². The van der Waals surface area contributed by atoms with E-state index in [1.165, 1.54) is 28.5 Å². The largest absolute Gasteiger partial charge is 0.316 e. The molecule has 0 radical (unpaired) electrons. The van der Waals surface area contributed by atoms with Gasteiger partial charge in [-0.2, -0.15) is 0 Å². The fraction of sp³-hybridized carbons (Fsp3) is 0.250. The molecule has 1 fully saturated rings. The molecule has 8 heteroatoms. The number of halogens is 2. The van der Waals surface area contributed by atoms with Gasteiger partial charge in [-0.25, -0.2) is 16.8 Å². The molecule has 0 spiro atoms. The number of aromatic nitrogens is 2. The summed E-state index contributed by atoms with van der Waals surface area (Å²) in [7, 11) is -2.09. The molecule has 5 nitrogen and oxygen atoms in total. The van der Waals surface area contributed by atoms with Crippen LogP contribution in [0.2, 0.25) is 0 Å². The number of pyridine rings is 1. The van der Waals surface area contributed by atoms with Crippen LogP contribution >= 0.6 is 12.4 Å². The van der Waals surface area contributed by atoms with E-state index in [1.54, 1.807) is 30.5 Å². The summed E-state index contributed by atoms with van der Waals surface area (Å²) in [5.74, 6) is -0.176. The van der Waals surface area contributed by atoms with E-state index in [0.717, 1.165) is 24.0 Å². The van der Waals surface area contributed by atoms with Crippen molar-refractivity contribution in [3.63, 3.8) is 0 Å². The van der Waals surface area contributed by atoms with Crippen LogP contribution in [0.25, 0.3) is 11.3 Å². The van der Waals surface area contributed by atoms with Gasteiger partial charge < -0.3 is 5.32 Å². The highest BCUT2D eigenvalue weighted by molar-refractivity contribution is 7.90. The Hall–Kier alpha value is -2.22. The normalized spacial score (nSPS) is 13.9. The first-order valence-electron chi connectivity index (χ1n) is 8.83. The van der Waals surface area contributed by atoms with E-state index in [1.807, 2.05) is 7.05 Å². The highest BCUT2D eigenvalue weighted by Crippen LogP contribution is 2.48. The Kier molecular flexibility index (Phi) is 5.88. The van der Waals surface area contributed by atoms with Crippen LogP contribution in [0.5, 0.6) is 0 Å². The standard InChI is InChI=1S/C20H20FN3O2S.ClH/c1-22-11-15-13-24(27(25,26)16-5-4-10-23-12-16)20(19(15)14-8-9-14)17-6-2-3-7-18(17)21;/h2-7,10,12-14,22H,8-9,11H2,1H3;1H. The highest BCUT2D eigenvalue weighted by Gasteiger charge is 2.35. The molecule has 1 N–H and O–H groups in total. The van der Waals surface area contributed by atoms with Gasteiger partial charge in [-0.15, -0.1) is 12.4 Å². The second kappa shape index (κ2) is 8.03. The van der Waals surface area contributed by atoms with Crippen LogP contribution in [-0.2, 0) is 16.6 Å². The number of benzene rings is 1. The molecule has 4 rings (SSSR count). The number of hydrogen-bond acceptors (Lipinski definition) is 4. The Labute approximate surface area is 170 Å². The first-order chi connectivity index (χ1) is 13.0. The van der Waals surface area contributed by atoms with Crippen LogP contribution < -0.4 is 5.32 Å². The number of rotatable bonds is 6. The average Bonchev–Trinajstić information content (AvgIpc) is 3.44. The van der Waals surface area contributed by atoms with E-state index in [2.05, 4.69) is 10.3 Å². The van der Waals surface area contributed by atoms with Crippen LogP contribution in [0, 0.1) is 5.82 Å². The summed E-state index contributed by atoms with van der Waals surface area (Å²) in [5, 5.41) is 3.09. The number of nitrogens with one attached hydrogen (secondary N) is 1. The zero-order valence-electron chi connectivity index (χ0n) is 15.3. The lowest BCUT2D eigenvalue weighted by atomic mass is 10.0. The minimum Gasteiger partial charge on any atom is -0.316 e. The maximum Gasteiger partial charge on any atom is 0.269 e. The summed E-state index contributed by atoms with van der Waals surface area (Å²) in [6.45, 7) is 0.517. The molecule has 3 aromatic rings. The Morgan fingerprint density at radius 2 is 1.96 bits per heavy atom. The first-order valence-corrected chi connectivity index (χ1v) is 10.3. The zero-order chi connectivity index (χ0) is 19.0. The van der Waals surface area contributed by atoms with Crippen molar-refractivity contribution >= 4 is 22.4 Å². The Morgan fingerprint density at radius 1 is 1.21 bits per heavy atom. The summed E-state index contributed by atoms with van der Waals surface area (Å²) in [6.07, 6.45) is 6.42. The average molecular weight is 422 g/mol. The van der Waals surface area contributed by atoms with Crippen molar-refractivity contribution < 1.29 is 12.8 Å². The molecule has 1 aliphatic rings. The minimum absolute atomic E-state index is 0. The van der Waals surface area contributed by atoms with E-state index in [0.29, 0.717) is 17.8 Å². The van der Waals surface area contributed by atoms with Gasteiger partial charge in [0.25, 0.3) is 10.0 Å². The molecule has 1 aliphatic carbocycles. The predicted octanol–water partition coefficient (Wildman–Crippen LogP) is 3.94. The van der Waals surface area contributed by atoms with Crippen LogP contribution in [0.4, 0.5) is 4.39 Å². The molecule has 0 atom stereocenters. The van der Waals surface area contributed by atoms with Crippen molar-refractivity contribution in [3.05, 3.63) is 71.9 Å². The number of nitrogens with zero attached hydrogens (tertiary/aromatic N) is 2. The monoisotopic (exact) mass is 421 g/mol. The smallest absolute Gasteiger partial charge is 0.269 e. The molecule has 1 saturated carbocycles. The third-order valence-corrected chi connectivity index (χ3v) is 6.41. The SMILES string of the molecule is CNCc1cn(S(=O)(=O)c2cccnc2)c(-c2ccccc2F)c1C1CC1.Cl. The third-order valence-electron chi connectivity index (χ3n) is 4.77. The molecular formula is C20H21ClFN3O2S. The highest BCUT2D eigenvalue weighted by atomic mass is 35.5. The third kappa shape index (κ3) is 3.57. The van der Waals surface area contributed by atoms with Crippen LogP contribution in [0.1, 0.15) is 29.9 Å². The van der Waals surface area contributed by atoms with Gasteiger partial charge in [0.2, 0.25) is 0 Å². The molecule has 2 aromatic heterocycles. The summed E-state index contributed by atoms with van der Waals surface area (Å²) in [6, 6.07) is 9.40. The molecule has 2 heterocycles. The molecule has 0 amide bonds. The lowest BCUT2D eigenvalue weighted by Gasteiger charge is -2.13. The lowest BCUT2D eigenvalue weighted by molar-refractivity contribution is 0.587. The van der Waals surface area contributed by atoms with Gasteiger partial charge in [0, 0.05) is 30.7 Å². The van der Waals surface area contributed by atoms with Gasteiger partial charge in [-0.1, -0.05) is 12.1 Å². The minimum atomic E-state index is -3.90. The van der Waals surface area contributed by atoms with Gasteiger partial charge in [0.1, 0.15) is 10.7 Å². The zero-order valence-corrected chi connectivity index (χ0v) is 16.9. The molecule has 148 valence electrons. The second-order valence-corrected chi connectivity index (χ2v) is 8.51. The maximum atomic E-state index is 14.7. The van der Waals surface area contributed by atoms with Crippen molar-refractivity contribution in [2.45, 2.75) is 30.2 Å². The summed E-state index contributed by atoms with van der Waals surface area (Å²) in [5.41, 5.74) is 2.52. The summed E-state index contributed by atoms with van der Waals surface area (Å²) >= 11 is 0. The van der Waals surface area contributed by atoms with Crippen molar-refractivity contribution in [1.29, 1.82) is 0 Å². The van der Waals surface area contributed by atoms with Crippen molar-refractivity contribution in [1.82, 2.24) is 14.3 Å². The molecule has 0 bridgehead atoms. The van der Waals surface area contributed by atoms with Crippen LogP contribution in [0.15, 0.2) is 59.9 Å². The van der Waals surface area contributed by atoms with E-state index < -0.39 is 15.8 Å². The quantitative estimate of drug-likeness (QED) is 0.654. The van der Waals surface area contributed by atoms with Crippen molar-refractivity contribution in [2.75, 3.05) is 7.05 Å². The van der Waals surface area contributed by atoms with Gasteiger partial charge in [0.15, 0.2) is 0 Å². The summed E-state index contributed by atoms with van der Waals surface area (Å²) in [4.78, 5) is 4.01. The Bertz CT molecular complexity index is 1080. The number of hydrogen-bond donors (Lipinski definition) is 1. The molecule has 0 aliphatic heterocycles. The van der Waals surface area contributed by atoms with E-state index in [-0.39, 0.29) is 23.2 Å². The van der Waals surface area contributed by atoms with Gasteiger partial charge in [-0.3, -0.25) is 4.98 Å². The van der Waals surface area contributed by atoms with E-state index >= 15 is 0 Å². The topological polar surface area (TPSA) is 64.0 Å².